The van der Waals surface area contributed by atoms with Gasteiger partial charge in [0.05, 0.1) is 5.70 Å². The summed E-state index contributed by atoms with van der Waals surface area (Å²) in [6, 6.07) is 27.0. The van der Waals surface area contributed by atoms with Crippen LogP contribution >= 0.6 is 11.8 Å². The summed E-state index contributed by atoms with van der Waals surface area (Å²) in [6.07, 6.45) is 0.781. The molecule has 0 saturated carbocycles. The molecule has 4 N–H and O–H groups in total. The number of nitrogens with one attached hydrogen (secondary N) is 2. The lowest BCUT2D eigenvalue weighted by Crippen LogP contribution is -2.14. The lowest BCUT2D eigenvalue weighted by molar-refractivity contribution is -0.115. The van der Waals surface area contributed by atoms with Crippen molar-refractivity contribution in [1.82, 2.24) is 10.2 Å². The van der Waals surface area contributed by atoms with Gasteiger partial charge >= 0.3 is 0 Å². The van der Waals surface area contributed by atoms with E-state index in [9.17, 15) is 14.0 Å². The molecule has 4 aromatic rings. The molecule has 1 amide bonds. The normalized spacial score (nSPS) is 11.3. The standard InChI is InChI=1S/C34H31FN4O2S/c1-37-33(41)18-11-25-19-31(36)29(20-32(25)42-28-16-12-26(35)13-17-28)30(22-40)34(24-7-5-4-6-8-24)38-27-14-9-23(10-15-27)21-39(2)3/h4-10,12-17,19-20,22,38H,21,36H2,1-3H3,(H,37,41)/b34-30+. The van der Waals surface area contributed by atoms with E-state index in [1.807, 2.05) is 68.7 Å². The highest BCUT2D eigenvalue weighted by Crippen LogP contribution is 2.37. The summed E-state index contributed by atoms with van der Waals surface area (Å²) >= 11 is 1.33. The van der Waals surface area contributed by atoms with E-state index in [4.69, 9.17) is 5.73 Å². The average Bonchev–Trinajstić information content (AvgIpc) is 2.99. The van der Waals surface area contributed by atoms with Crippen molar-refractivity contribution in [2.45, 2.75) is 16.3 Å². The minimum absolute atomic E-state index is 0.318. The van der Waals surface area contributed by atoms with Crippen molar-refractivity contribution >= 4 is 46.6 Å². The molecule has 0 saturated heterocycles. The monoisotopic (exact) mass is 578 g/mol. The van der Waals surface area contributed by atoms with Crippen LogP contribution in [0.2, 0.25) is 0 Å². The van der Waals surface area contributed by atoms with Gasteiger partial charge in [0.1, 0.15) is 5.82 Å². The molecule has 8 heteroatoms. The number of nitrogens with two attached hydrogens (primary N) is 1. The van der Waals surface area contributed by atoms with Crippen LogP contribution < -0.4 is 16.4 Å². The van der Waals surface area contributed by atoms with Crippen molar-refractivity contribution in [1.29, 1.82) is 0 Å². The van der Waals surface area contributed by atoms with Gasteiger partial charge in [-0.25, -0.2) is 4.39 Å². The van der Waals surface area contributed by atoms with E-state index in [1.165, 1.54) is 30.9 Å². The molecular weight excluding hydrogens is 547 g/mol. The summed E-state index contributed by atoms with van der Waals surface area (Å²) in [5.41, 5.74) is 11.6. The van der Waals surface area contributed by atoms with E-state index in [-0.39, 0.29) is 5.82 Å². The Morgan fingerprint density at radius 3 is 2.31 bits per heavy atom. The van der Waals surface area contributed by atoms with Gasteiger partial charge in [-0.15, -0.1) is 0 Å². The number of anilines is 2. The predicted molar refractivity (Wildman–Crippen MR) is 169 cm³/mol. The number of nitrogens with zero attached hydrogens (tertiary/aromatic N) is 1. The Balaban J connectivity index is 1.86. The summed E-state index contributed by atoms with van der Waals surface area (Å²) in [7, 11) is 5.53. The molecule has 4 rings (SSSR count). The van der Waals surface area contributed by atoms with Gasteiger partial charge in [0.25, 0.3) is 5.91 Å². The number of rotatable bonds is 9. The van der Waals surface area contributed by atoms with Gasteiger partial charge < -0.3 is 21.3 Å². The SMILES string of the molecule is CNC(=O)C#Cc1cc(N)c(/C(C=O)=C(/Nc2ccc(CN(C)C)cc2)c2ccccc2)cc1Sc1ccc(F)cc1. The van der Waals surface area contributed by atoms with Crippen molar-refractivity contribution in [3.8, 4) is 11.8 Å². The third-order valence-corrected chi connectivity index (χ3v) is 7.26. The predicted octanol–water partition coefficient (Wildman–Crippen LogP) is 5.90. The Bertz CT molecular complexity index is 1660. The minimum atomic E-state index is -0.448. The first-order valence-corrected chi connectivity index (χ1v) is 14.0. The molecule has 0 spiro atoms. The van der Waals surface area contributed by atoms with E-state index in [2.05, 4.69) is 27.4 Å². The van der Waals surface area contributed by atoms with Crippen LogP contribution in [0.15, 0.2) is 101 Å². The van der Waals surface area contributed by atoms with Crippen LogP contribution in [0.1, 0.15) is 22.3 Å². The zero-order chi connectivity index (χ0) is 30.1. The molecule has 0 aliphatic carbocycles. The Morgan fingerprint density at radius 2 is 1.69 bits per heavy atom. The Kier molecular flexibility index (Phi) is 10.2. The molecule has 0 aliphatic rings. The Morgan fingerprint density at radius 1 is 1.00 bits per heavy atom. The maximum atomic E-state index is 13.6. The maximum Gasteiger partial charge on any atom is 0.295 e. The van der Waals surface area contributed by atoms with Gasteiger partial charge in [0, 0.05) is 57.4 Å². The molecule has 0 atom stereocenters. The first kappa shape index (κ1) is 30.1. The molecular formula is C34H31FN4O2S. The molecule has 4 aromatic carbocycles. The average molecular weight is 579 g/mol. The number of hydrogen-bond acceptors (Lipinski definition) is 6. The zero-order valence-corrected chi connectivity index (χ0v) is 24.4. The second-order valence-electron chi connectivity index (χ2n) is 9.65. The minimum Gasteiger partial charge on any atom is -0.398 e. The number of benzene rings is 4. The third-order valence-electron chi connectivity index (χ3n) is 6.19. The number of halogens is 1. The first-order valence-electron chi connectivity index (χ1n) is 13.1. The Hall–Kier alpha value is -4.84. The van der Waals surface area contributed by atoms with Crippen LogP contribution in [0.4, 0.5) is 15.8 Å². The molecule has 42 heavy (non-hydrogen) atoms. The van der Waals surface area contributed by atoms with Crippen LogP contribution in [-0.2, 0) is 16.1 Å². The number of hydrogen-bond donors (Lipinski definition) is 3. The van der Waals surface area contributed by atoms with E-state index in [0.29, 0.717) is 33.0 Å². The third kappa shape index (κ3) is 7.88. The zero-order valence-electron chi connectivity index (χ0n) is 23.6. The molecule has 0 fully saturated rings. The Labute approximate surface area is 249 Å². The van der Waals surface area contributed by atoms with Gasteiger partial charge in [0.2, 0.25) is 0 Å². The largest absolute Gasteiger partial charge is 0.398 e. The van der Waals surface area contributed by atoms with Crippen LogP contribution in [0.25, 0.3) is 11.3 Å². The molecule has 0 aliphatic heterocycles. The maximum absolute atomic E-state index is 13.6. The number of amides is 1. The van der Waals surface area contributed by atoms with Gasteiger partial charge in [0.15, 0.2) is 6.29 Å². The number of aldehydes is 1. The van der Waals surface area contributed by atoms with E-state index >= 15 is 0 Å². The highest BCUT2D eigenvalue weighted by atomic mass is 32.2. The molecule has 0 unspecified atom stereocenters. The van der Waals surface area contributed by atoms with Gasteiger partial charge in [-0.3, -0.25) is 9.59 Å². The van der Waals surface area contributed by atoms with Gasteiger partial charge in [-0.1, -0.05) is 60.1 Å². The van der Waals surface area contributed by atoms with Crippen molar-refractivity contribution < 1.29 is 14.0 Å². The second kappa shape index (κ2) is 14.2. The fraction of sp³-hybridized carbons (Fsp3) is 0.118. The van der Waals surface area contributed by atoms with Crippen molar-refractivity contribution in [2.24, 2.45) is 0 Å². The van der Waals surface area contributed by atoms with Crippen LogP contribution in [0.3, 0.4) is 0 Å². The molecule has 0 bridgehead atoms. The highest BCUT2D eigenvalue weighted by Gasteiger charge is 2.18. The summed E-state index contributed by atoms with van der Waals surface area (Å²) in [4.78, 5) is 28.2. The molecule has 0 radical (unpaired) electrons. The smallest absolute Gasteiger partial charge is 0.295 e. The highest BCUT2D eigenvalue weighted by molar-refractivity contribution is 7.99. The molecule has 212 valence electrons. The van der Waals surface area contributed by atoms with Crippen LogP contribution in [-0.4, -0.2) is 38.2 Å². The lowest BCUT2D eigenvalue weighted by Gasteiger charge is -2.18. The molecule has 0 aromatic heterocycles. The van der Waals surface area contributed by atoms with Gasteiger partial charge in [-0.05, 0) is 73.8 Å². The summed E-state index contributed by atoms with van der Waals surface area (Å²) in [6.45, 7) is 0.807. The fourth-order valence-corrected chi connectivity index (χ4v) is 5.11. The summed E-state index contributed by atoms with van der Waals surface area (Å²) in [5.74, 6) is 4.63. The van der Waals surface area contributed by atoms with Crippen molar-refractivity contribution in [3.63, 3.8) is 0 Å². The first-order chi connectivity index (χ1) is 20.3. The quantitative estimate of drug-likeness (QED) is 0.0754. The number of carbonyl (C=O) groups is 2. The van der Waals surface area contributed by atoms with E-state index in [0.717, 1.165) is 34.5 Å². The number of allylic oxidation sites excluding steroid dienone is 1. The molecule has 0 heterocycles. The van der Waals surface area contributed by atoms with E-state index in [1.54, 1.807) is 24.3 Å². The molecule has 6 nitrogen and oxygen atoms in total. The second-order valence-corrected chi connectivity index (χ2v) is 10.8. The lowest BCUT2D eigenvalue weighted by atomic mass is 9.97. The summed E-state index contributed by atoms with van der Waals surface area (Å²) < 4.78 is 13.6. The number of nitrogen functional groups attached to an aromatic ring is 1. The van der Waals surface area contributed by atoms with Crippen molar-refractivity contribution in [3.05, 3.63) is 119 Å². The summed E-state index contributed by atoms with van der Waals surface area (Å²) in [5, 5.41) is 5.92. The van der Waals surface area contributed by atoms with Crippen molar-refractivity contribution in [2.75, 3.05) is 32.2 Å². The topological polar surface area (TPSA) is 87.5 Å². The van der Waals surface area contributed by atoms with Crippen LogP contribution in [0.5, 0.6) is 0 Å². The van der Waals surface area contributed by atoms with Crippen LogP contribution in [0, 0.1) is 17.7 Å². The van der Waals surface area contributed by atoms with Gasteiger partial charge in [-0.2, -0.15) is 0 Å². The van der Waals surface area contributed by atoms with E-state index < -0.39 is 5.91 Å². The fourth-order valence-electron chi connectivity index (χ4n) is 4.19. The number of carbonyl (C=O) groups excluding carboxylic acids is 2.